The third kappa shape index (κ3) is 2.02. The number of likely N-dealkylation sites (tertiary alicyclic amines) is 1. The lowest BCUT2D eigenvalue weighted by atomic mass is 10.0. The van der Waals surface area contributed by atoms with Gasteiger partial charge in [-0.15, -0.1) is 0 Å². The van der Waals surface area contributed by atoms with Crippen LogP contribution in [0.4, 0.5) is 0 Å². The Morgan fingerprint density at radius 1 is 1.39 bits per heavy atom. The topological polar surface area (TPSA) is 81.2 Å². The molecule has 0 radical (unpaired) electrons. The first-order chi connectivity index (χ1) is 8.75. The van der Waals surface area contributed by atoms with Gasteiger partial charge in [0.2, 0.25) is 0 Å². The van der Waals surface area contributed by atoms with E-state index in [1.807, 2.05) is 0 Å². The molecule has 3 heterocycles. The van der Waals surface area contributed by atoms with E-state index in [9.17, 15) is 9.90 Å². The van der Waals surface area contributed by atoms with E-state index in [4.69, 9.17) is 0 Å². The van der Waals surface area contributed by atoms with Gasteiger partial charge in [-0.3, -0.25) is 9.89 Å². The molecule has 0 unspecified atom stereocenters. The minimum absolute atomic E-state index is 0.0110. The summed E-state index contributed by atoms with van der Waals surface area (Å²) in [4.78, 5) is 14.2. The van der Waals surface area contributed by atoms with Crippen molar-refractivity contribution in [2.75, 3.05) is 19.6 Å². The van der Waals surface area contributed by atoms with E-state index in [2.05, 4.69) is 15.5 Å². The number of aliphatic hydroxyl groups is 1. The van der Waals surface area contributed by atoms with Gasteiger partial charge >= 0.3 is 0 Å². The van der Waals surface area contributed by atoms with E-state index in [-0.39, 0.29) is 12.0 Å². The van der Waals surface area contributed by atoms with Crippen molar-refractivity contribution in [1.82, 2.24) is 20.4 Å². The average molecular weight is 250 g/mol. The molecule has 2 aliphatic heterocycles. The van der Waals surface area contributed by atoms with Gasteiger partial charge < -0.3 is 15.3 Å². The van der Waals surface area contributed by atoms with Crippen molar-refractivity contribution in [3.8, 4) is 0 Å². The second kappa shape index (κ2) is 4.70. The lowest BCUT2D eigenvalue weighted by molar-refractivity contribution is 0.0540. The molecule has 0 bridgehead atoms. The molecule has 1 saturated heterocycles. The highest BCUT2D eigenvalue weighted by molar-refractivity contribution is 5.94. The summed E-state index contributed by atoms with van der Waals surface area (Å²) in [5, 5.41) is 19.9. The van der Waals surface area contributed by atoms with E-state index in [1.165, 1.54) is 0 Å². The Bertz CT molecular complexity index is 449. The lowest BCUT2D eigenvalue weighted by Crippen LogP contribution is -2.40. The number of H-pyrrole nitrogens is 1. The van der Waals surface area contributed by atoms with Crippen LogP contribution in [-0.2, 0) is 13.0 Å². The van der Waals surface area contributed by atoms with Gasteiger partial charge in [0.15, 0.2) is 5.69 Å². The number of aliphatic hydroxyl groups excluding tert-OH is 1. The number of rotatable bonds is 1. The van der Waals surface area contributed by atoms with Crippen molar-refractivity contribution < 1.29 is 9.90 Å². The average Bonchev–Trinajstić information content (AvgIpc) is 2.82. The molecule has 0 aromatic carbocycles. The van der Waals surface area contributed by atoms with Gasteiger partial charge in [-0.1, -0.05) is 0 Å². The van der Waals surface area contributed by atoms with Crippen LogP contribution < -0.4 is 5.32 Å². The Morgan fingerprint density at radius 3 is 2.94 bits per heavy atom. The molecule has 0 atom stereocenters. The van der Waals surface area contributed by atoms with Crippen molar-refractivity contribution >= 4 is 5.91 Å². The number of piperidine rings is 1. The molecule has 0 spiro atoms. The van der Waals surface area contributed by atoms with Gasteiger partial charge in [0.1, 0.15) is 0 Å². The Morgan fingerprint density at radius 2 is 2.17 bits per heavy atom. The monoisotopic (exact) mass is 250 g/mol. The summed E-state index contributed by atoms with van der Waals surface area (Å²) in [6.45, 7) is 2.88. The largest absolute Gasteiger partial charge is 0.393 e. The van der Waals surface area contributed by atoms with E-state index in [0.29, 0.717) is 38.2 Å². The van der Waals surface area contributed by atoms with Crippen LogP contribution in [0.3, 0.4) is 0 Å². The number of nitrogens with zero attached hydrogens (tertiary/aromatic N) is 2. The molecule has 1 amide bonds. The number of aromatic nitrogens is 2. The summed E-state index contributed by atoms with van der Waals surface area (Å²) in [5.74, 6) is -0.0110. The molecule has 6 heteroatoms. The van der Waals surface area contributed by atoms with Crippen molar-refractivity contribution in [2.45, 2.75) is 31.9 Å². The maximum absolute atomic E-state index is 12.4. The predicted molar refractivity (Wildman–Crippen MR) is 65.1 cm³/mol. The molecular weight excluding hydrogens is 232 g/mol. The van der Waals surface area contributed by atoms with Gasteiger partial charge in [-0.2, -0.15) is 5.10 Å². The minimum atomic E-state index is -0.260. The Balaban J connectivity index is 1.78. The number of carbonyl (C=O) groups is 1. The van der Waals surface area contributed by atoms with Gasteiger partial charge in [-0.05, 0) is 12.8 Å². The number of nitrogens with one attached hydrogen (secondary N) is 2. The molecule has 6 nitrogen and oxygen atoms in total. The summed E-state index contributed by atoms with van der Waals surface area (Å²) in [5.41, 5.74) is 2.64. The molecule has 18 heavy (non-hydrogen) atoms. The highest BCUT2D eigenvalue weighted by Crippen LogP contribution is 2.19. The molecule has 0 saturated carbocycles. The first-order valence-corrected chi connectivity index (χ1v) is 6.50. The maximum Gasteiger partial charge on any atom is 0.274 e. The van der Waals surface area contributed by atoms with Gasteiger partial charge in [-0.25, -0.2) is 0 Å². The Labute approximate surface area is 105 Å². The standard InChI is InChI=1S/C12H18N4O2/c17-8-2-5-16(6-3-8)12(18)11-9-7-13-4-1-10(9)14-15-11/h8,13,17H,1-7H2,(H,14,15). The molecule has 3 rings (SSSR count). The lowest BCUT2D eigenvalue weighted by Gasteiger charge is -2.29. The molecule has 1 aromatic heterocycles. The second-order valence-corrected chi connectivity index (χ2v) is 4.98. The molecule has 2 aliphatic rings. The van der Waals surface area contributed by atoms with Crippen molar-refractivity contribution in [3.05, 3.63) is 17.0 Å². The summed E-state index contributed by atoms with van der Waals surface area (Å²) < 4.78 is 0. The summed E-state index contributed by atoms with van der Waals surface area (Å²) in [6.07, 6.45) is 1.96. The molecular formula is C12H18N4O2. The number of amides is 1. The maximum atomic E-state index is 12.4. The van der Waals surface area contributed by atoms with Crippen molar-refractivity contribution in [1.29, 1.82) is 0 Å². The summed E-state index contributed by atoms with van der Waals surface area (Å²) in [6, 6.07) is 0. The molecule has 1 aromatic rings. The Hall–Kier alpha value is -1.40. The Kier molecular flexibility index (Phi) is 3.05. The van der Waals surface area contributed by atoms with Crippen LogP contribution in [0.1, 0.15) is 34.6 Å². The van der Waals surface area contributed by atoms with E-state index < -0.39 is 0 Å². The SMILES string of the molecule is O=C(c1n[nH]c2c1CNCC2)N1CCC(O)CC1. The minimum Gasteiger partial charge on any atom is -0.393 e. The van der Waals surface area contributed by atoms with Crippen LogP contribution in [0, 0.1) is 0 Å². The van der Waals surface area contributed by atoms with Crippen LogP contribution in [-0.4, -0.2) is 51.8 Å². The van der Waals surface area contributed by atoms with Crippen LogP contribution in [0.15, 0.2) is 0 Å². The second-order valence-electron chi connectivity index (χ2n) is 4.98. The highest BCUT2D eigenvalue weighted by atomic mass is 16.3. The third-order valence-electron chi connectivity index (χ3n) is 3.76. The molecule has 98 valence electrons. The van der Waals surface area contributed by atoms with Gasteiger partial charge in [0.25, 0.3) is 5.91 Å². The molecule has 1 fully saturated rings. The van der Waals surface area contributed by atoms with Crippen LogP contribution in [0.5, 0.6) is 0 Å². The van der Waals surface area contributed by atoms with Crippen LogP contribution >= 0.6 is 0 Å². The highest BCUT2D eigenvalue weighted by Gasteiger charge is 2.27. The van der Waals surface area contributed by atoms with Crippen LogP contribution in [0.25, 0.3) is 0 Å². The zero-order valence-corrected chi connectivity index (χ0v) is 10.3. The summed E-state index contributed by atoms with van der Waals surface area (Å²) >= 11 is 0. The van der Waals surface area contributed by atoms with Crippen molar-refractivity contribution in [3.63, 3.8) is 0 Å². The summed E-state index contributed by atoms with van der Waals surface area (Å²) in [7, 11) is 0. The fraction of sp³-hybridized carbons (Fsp3) is 0.667. The van der Waals surface area contributed by atoms with E-state index in [1.54, 1.807) is 4.90 Å². The zero-order valence-electron chi connectivity index (χ0n) is 10.3. The number of fused-ring (bicyclic) bond motifs is 1. The fourth-order valence-electron chi connectivity index (χ4n) is 2.62. The normalized spacial score (nSPS) is 20.8. The predicted octanol–water partition coefficient (Wildman–Crippen LogP) is -0.348. The van der Waals surface area contributed by atoms with Gasteiger partial charge in [0.05, 0.1) is 6.10 Å². The first-order valence-electron chi connectivity index (χ1n) is 6.50. The van der Waals surface area contributed by atoms with Gasteiger partial charge in [0, 0.05) is 43.9 Å². The third-order valence-corrected chi connectivity index (χ3v) is 3.76. The number of hydrogen-bond acceptors (Lipinski definition) is 4. The molecule has 3 N–H and O–H groups in total. The fourth-order valence-corrected chi connectivity index (χ4v) is 2.62. The smallest absolute Gasteiger partial charge is 0.274 e. The number of hydrogen-bond donors (Lipinski definition) is 3. The first kappa shape index (κ1) is 11.7. The number of carbonyl (C=O) groups excluding carboxylic acids is 1. The van der Waals surface area contributed by atoms with Crippen molar-refractivity contribution in [2.24, 2.45) is 0 Å². The van der Waals surface area contributed by atoms with Crippen LogP contribution in [0.2, 0.25) is 0 Å². The number of aromatic amines is 1. The van der Waals surface area contributed by atoms with E-state index in [0.717, 1.165) is 24.2 Å². The van der Waals surface area contributed by atoms with E-state index >= 15 is 0 Å². The quantitative estimate of drug-likeness (QED) is 0.636. The molecule has 0 aliphatic carbocycles. The zero-order chi connectivity index (χ0) is 12.5.